The van der Waals surface area contributed by atoms with Crippen LogP contribution < -0.4 is 5.32 Å². The van der Waals surface area contributed by atoms with Gasteiger partial charge in [-0.15, -0.1) is 11.3 Å². The number of thiazole rings is 1. The van der Waals surface area contributed by atoms with Crippen LogP contribution in [0.5, 0.6) is 0 Å². The number of rotatable bonds is 3. The van der Waals surface area contributed by atoms with Crippen molar-refractivity contribution in [2.24, 2.45) is 0 Å². The van der Waals surface area contributed by atoms with E-state index in [0.29, 0.717) is 0 Å². The van der Waals surface area contributed by atoms with Crippen LogP contribution in [0.1, 0.15) is 24.2 Å². The maximum absolute atomic E-state index is 4.29. The van der Waals surface area contributed by atoms with E-state index in [-0.39, 0.29) is 6.04 Å². The van der Waals surface area contributed by atoms with Crippen molar-refractivity contribution in [3.8, 4) is 0 Å². The van der Waals surface area contributed by atoms with Gasteiger partial charge in [0.2, 0.25) is 0 Å². The number of nitrogens with one attached hydrogen (secondary N) is 1. The molecule has 0 aliphatic carbocycles. The lowest BCUT2D eigenvalue weighted by Crippen LogP contribution is -2.06. The van der Waals surface area contributed by atoms with Crippen molar-refractivity contribution in [3.63, 3.8) is 0 Å². The van der Waals surface area contributed by atoms with Gasteiger partial charge in [-0.05, 0) is 31.5 Å². The van der Waals surface area contributed by atoms with Gasteiger partial charge < -0.3 is 5.32 Å². The summed E-state index contributed by atoms with van der Waals surface area (Å²) in [5.41, 5.74) is 5.38. The highest BCUT2D eigenvalue weighted by atomic mass is 32.1. The summed E-state index contributed by atoms with van der Waals surface area (Å²) in [6.45, 7) is 4.22. The van der Waals surface area contributed by atoms with Crippen molar-refractivity contribution in [2.75, 3.05) is 5.32 Å². The minimum Gasteiger partial charge on any atom is -0.377 e. The Labute approximate surface area is 94.0 Å². The highest BCUT2D eigenvalue weighted by molar-refractivity contribution is 7.07. The summed E-state index contributed by atoms with van der Waals surface area (Å²) in [5.74, 6) is 0. The Hall–Kier alpha value is -1.35. The molecular formula is C12H14N2S. The van der Waals surface area contributed by atoms with Gasteiger partial charge in [0.05, 0.1) is 17.2 Å². The van der Waals surface area contributed by atoms with Gasteiger partial charge in [-0.1, -0.05) is 12.1 Å². The zero-order valence-corrected chi connectivity index (χ0v) is 9.71. The average Bonchev–Trinajstić information content (AvgIpc) is 2.70. The Morgan fingerprint density at radius 3 is 2.93 bits per heavy atom. The number of hydrogen-bond donors (Lipinski definition) is 1. The van der Waals surface area contributed by atoms with Crippen molar-refractivity contribution in [1.82, 2.24) is 4.98 Å². The van der Waals surface area contributed by atoms with Crippen LogP contribution in [0.25, 0.3) is 0 Å². The molecule has 15 heavy (non-hydrogen) atoms. The smallest absolute Gasteiger partial charge is 0.0795 e. The predicted molar refractivity (Wildman–Crippen MR) is 65.3 cm³/mol. The first kappa shape index (κ1) is 10.2. The molecule has 0 saturated heterocycles. The van der Waals surface area contributed by atoms with Crippen LogP contribution in [0, 0.1) is 6.92 Å². The van der Waals surface area contributed by atoms with E-state index >= 15 is 0 Å². The Morgan fingerprint density at radius 1 is 1.40 bits per heavy atom. The lowest BCUT2D eigenvalue weighted by molar-refractivity contribution is 0.850. The van der Waals surface area contributed by atoms with Gasteiger partial charge in [-0.3, -0.25) is 0 Å². The molecule has 1 N–H and O–H groups in total. The normalized spacial score (nSPS) is 12.4. The number of aryl methyl sites for hydroxylation is 1. The van der Waals surface area contributed by atoms with Crippen LogP contribution in [0.4, 0.5) is 5.69 Å². The van der Waals surface area contributed by atoms with Crippen molar-refractivity contribution >= 4 is 17.0 Å². The minimum absolute atomic E-state index is 0.262. The van der Waals surface area contributed by atoms with Crippen molar-refractivity contribution in [2.45, 2.75) is 19.9 Å². The third kappa shape index (κ3) is 2.57. The molecule has 1 unspecified atom stereocenters. The maximum atomic E-state index is 4.29. The molecule has 0 bridgehead atoms. The molecular weight excluding hydrogens is 204 g/mol. The van der Waals surface area contributed by atoms with Crippen LogP contribution in [0.15, 0.2) is 35.2 Å². The minimum atomic E-state index is 0.262. The summed E-state index contributed by atoms with van der Waals surface area (Å²) < 4.78 is 0. The molecule has 1 heterocycles. The van der Waals surface area contributed by atoms with Gasteiger partial charge in [-0.25, -0.2) is 4.98 Å². The van der Waals surface area contributed by atoms with E-state index < -0.39 is 0 Å². The van der Waals surface area contributed by atoms with Crippen LogP contribution in [0.2, 0.25) is 0 Å². The molecule has 78 valence electrons. The highest BCUT2D eigenvalue weighted by Crippen LogP contribution is 2.19. The lowest BCUT2D eigenvalue weighted by atomic mass is 10.2. The lowest BCUT2D eigenvalue weighted by Gasteiger charge is -2.13. The van der Waals surface area contributed by atoms with E-state index in [1.54, 1.807) is 11.3 Å². The molecule has 1 aromatic heterocycles. The molecule has 0 fully saturated rings. The fourth-order valence-corrected chi connectivity index (χ4v) is 2.14. The molecule has 2 nitrogen and oxygen atoms in total. The average molecular weight is 218 g/mol. The first-order valence-corrected chi connectivity index (χ1v) is 5.91. The molecule has 0 amide bonds. The standard InChI is InChI=1S/C12H14N2S/c1-9-4-3-5-11(6-9)14-10(2)12-7-15-8-13-12/h3-8,10,14H,1-2H3. The van der Waals surface area contributed by atoms with Crippen molar-refractivity contribution in [1.29, 1.82) is 0 Å². The van der Waals surface area contributed by atoms with Gasteiger partial charge in [-0.2, -0.15) is 0 Å². The molecule has 0 radical (unpaired) electrons. The number of hydrogen-bond acceptors (Lipinski definition) is 3. The van der Waals surface area contributed by atoms with Gasteiger partial charge in [0.15, 0.2) is 0 Å². The fraction of sp³-hybridized carbons (Fsp3) is 0.250. The van der Waals surface area contributed by atoms with E-state index in [1.165, 1.54) is 5.56 Å². The number of anilines is 1. The summed E-state index contributed by atoms with van der Waals surface area (Å²) in [6, 6.07) is 8.64. The van der Waals surface area contributed by atoms with E-state index in [2.05, 4.69) is 53.8 Å². The highest BCUT2D eigenvalue weighted by Gasteiger charge is 2.06. The first-order chi connectivity index (χ1) is 7.25. The molecule has 3 heteroatoms. The maximum Gasteiger partial charge on any atom is 0.0795 e. The molecule has 0 saturated carbocycles. The second-order valence-electron chi connectivity index (χ2n) is 3.65. The van der Waals surface area contributed by atoms with Crippen LogP contribution in [-0.4, -0.2) is 4.98 Å². The monoisotopic (exact) mass is 218 g/mol. The SMILES string of the molecule is Cc1cccc(NC(C)c2cscn2)c1. The van der Waals surface area contributed by atoms with E-state index in [4.69, 9.17) is 0 Å². The third-order valence-electron chi connectivity index (χ3n) is 2.30. The second-order valence-corrected chi connectivity index (χ2v) is 4.37. The van der Waals surface area contributed by atoms with Crippen LogP contribution in [0.3, 0.4) is 0 Å². The predicted octanol–water partition coefficient (Wildman–Crippen LogP) is 3.62. The Morgan fingerprint density at radius 2 is 2.27 bits per heavy atom. The molecule has 1 aromatic carbocycles. The molecule has 2 rings (SSSR count). The second kappa shape index (κ2) is 4.45. The Bertz CT molecular complexity index is 423. The Balaban J connectivity index is 2.09. The fourth-order valence-electron chi connectivity index (χ4n) is 1.49. The summed E-state index contributed by atoms with van der Waals surface area (Å²) in [7, 11) is 0. The topological polar surface area (TPSA) is 24.9 Å². The number of aromatic nitrogens is 1. The van der Waals surface area contributed by atoms with Gasteiger partial charge >= 0.3 is 0 Å². The molecule has 0 aliphatic rings. The molecule has 0 aliphatic heterocycles. The summed E-state index contributed by atoms with van der Waals surface area (Å²) >= 11 is 1.63. The van der Waals surface area contributed by atoms with Gasteiger partial charge in [0.25, 0.3) is 0 Å². The van der Waals surface area contributed by atoms with Gasteiger partial charge in [0.1, 0.15) is 0 Å². The molecule has 1 atom stereocenters. The zero-order chi connectivity index (χ0) is 10.7. The van der Waals surface area contributed by atoms with E-state index in [9.17, 15) is 0 Å². The largest absolute Gasteiger partial charge is 0.377 e. The van der Waals surface area contributed by atoms with Crippen LogP contribution in [-0.2, 0) is 0 Å². The zero-order valence-electron chi connectivity index (χ0n) is 8.90. The van der Waals surface area contributed by atoms with Crippen molar-refractivity contribution < 1.29 is 0 Å². The number of nitrogens with zero attached hydrogens (tertiary/aromatic N) is 1. The van der Waals surface area contributed by atoms with Crippen molar-refractivity contribution in [3.05, 3.63) is 46.4 Å². The summed E-state index contributed by atoms with van der Waals surface area (Å²) in [6.07, 6.45) is 0. The van der Waals surface area contributed by atoms with Crippen LogP contribution >= 0.6 is 11.3 Å². The summed E-state index contributed by atoms with van der Waals surface area (Å²) in [5, 5.41) is 5.51. The Kier molecular flexibility index (Phi) is 3.02. The quantitative estimate of drug-likeness (QED) is 0.851. The number of benzene rings is 1. The first-order valence-electron chi connectivity index (χ1n) is 4.97. The summed E-state index contributed by atoms with van der Waals surface area (Å²) in [4.78, 5) is 4.29. The molecule has 0 spiro atoms. The molecule has 2 aromatic rings. The van der Waals surface area contributed by atoms with E-state index in [0.717, 1.165) is 11.4 Å². The van der Waals surface area contributed by atoms with Gasteiger partial charge in [0, 0.05) is 11.1 Å². The van der Waals surface area contributed by atoms with E-state index in [1.807, 2.05) is 5.51 Å². The third-order valence-corrected chi connectivity index (χ3v) is 2.90.